The van der Waals surface area contributed by atoms with Gasteiger partial charge in [0.25, 0.3) is 5.91 Å². The molecule has 0 aliphatic heterocycles. The van der Waals surface area contributed by atoms with Gasteiger partial charge in [0.2, 0.25) is 5.91 Å². The zero-order valence-electron chi connectivity index (χ0n) is 14.1. The van der Waals surface area contributed by atoms with Crippen molar-refractivity contribution in [1.82, 2.24) is 5.32 Å². The van der Waals surface area contributed by atoms with E-state index in [9.17, 15) is 14.0 Å². The van der Waals surface area contributed by atoms with Crippen LogP contribution in [0.15, 0.2) is 42.5 Å². The lowest BCUT2D eigenvalue weighted by Gasteiger charge is -2.23. The molecule has 0 saturated carbocycles. The largest absolute Gasteiger partial charge is 0.350 e. The maximum absolute atomic E-state index is 13.6. The molecule has 126 valence electrons. The normalized spacial score (nSPS) is 10.3. The van der Waals surface area contributed by atoms with Gasteiger partial charge < -0.3 is 10.2 Å². The first-order valence-corrected chi connectivity index (χ1v) is 7.78. The molecule has 0 bridgehead atoms. The minimum atomic E-state index is -0.562. The first-order chi connectivity index (χ1) is 11.4. The number of carbonyl (C=O) groups excluding carboxylic acids is 2. The number of benzene rings is 2. The van der Waals surface area contributed by atoms with Gasteiger partial charge in [0, 0.05) is 25.7 Å². The van der Waals surface area contributed by atoms with Crippen LogP contribution in [-0.2, 0) is 4.79 Å². The fraction of sp³-hybridized carbons (Fsp3) is 0.263. The number of carbonyl (C=O) groups is 2. The molecule has 0 aliphatic carbocycles. The lowest BCUT2D eigenvalue weighted by atomic mass is 10.1. The average Bonchev–Trinajstić information content (AvgIpc) is 2.54. The molecular weight excluding hydrogens is 307 g/mol. The standard InChI is InChI=1S/C19H21FN2O2/c1-13-8-9-14(2)18(12-13)22(15(3)23)11-10-21-19(24)16-6-4-5-7-17(16)20/h4-9,12H,10-11H2,1-3H3,(H,21,24). The summed E-state index contributed by atoms with van der Waals surface area (Å²) in [7, 11) is 0. The highest BCUT2D eigenvalue weighted by Crippen LogP contribution is 2.21. The Hall–Kier alpha value is -2.69. The van der Waals surface area contributed by atoms with Crippen molar-refractivity contribution in [1.29, 1.82) is 0 Å². The van der Waals surface area contributed by atoms with E-state index in [-0.39, 0.29) is 18.0 Å². The molecule has 0 spiro atoms. The average molecular weight is 328 g/mol. The van der Waals surface area contributed by atoms with Crippen LogP contribution >= 0.6 is 0 Å². The molecule has 0 heterocycles. The first-order valence-electron chi connectivity index (χ1n) is 7.78. The third-order valence-corrected chi connectivity index (χ3v) is 3.77. The van der Waals surface area contributed by atoms with Crippen molar-refractivity contribution in [3.63, 3.8) is 0 Å². The second-order valence-electron chi connectivity index (χ2n) is 5.70. The zero-order chi connectivity index (χ0) is 17.7. The van der Waals surface area contributed by atoms with Crippen LogP contribution in [0.1, 0.15) is 28.4 Å². The summed E-state index contributed by atoms with van der Waals surface area (Å²) < 4.78 is 13.6. The first kappa shape index (κ1) is 17.7. The smallest absolute Gasteiger partial charge is 0.254 e. The lowest BCUT2D eigenvalue weighted by molar-refractivity contribution is -0.116. The Morgan fingerprint density at radius 1 is 1.12 bits per heavy atom. The summed E-state index contributed by atoms with van der Waals surface area (Å²) in [6, 6.07) is 11.7. The second-order valence-corrected chi connectivity index (χ2v) is 5.70. The highest BCUT2D eigenvalue weighted by Gasteiger charge is 2.15. The van der Waals surface area contributed by atoms with Crippen LogP contribution in [0.2, 0.25) is 0 Å². The van der Waals surface area contributed by atoms with Gasteiger partial charge in [0.15, 0.2) is 0 Å². The number of rotatable bonds is 5. The molecule has 0 radical (unpaired) electrons. The molecule has 24 heavy (non-hydrogen) atoms. The van der Waals surface area contributed by atoms with Gasteiger partial charge in [-0.1, -0.05) is 24.3 Å². The van der Waals surface area contributed by atoms with Crippen LogP contribution in [0.3, 0.4) is 0 Å². The minimum Gasteiger partial charge on any atom is -0.350 e. The number of hydrogen-bond donors (Lipinski definition) is 1. The third kappa shape index (κ3) is 4.19. The molecule has 0 unspecified atom stereocenters. The number of aryl methyl sites for hydroxylation is 2. The van der Waals surface area contributed by atoms with Crippen molar-refractivity contribution in [2.24, 2.45) is 0 Å². The van der Waals surface area contributed by atoms with Crippen molar-refractivity contribution < 1.29 is 14.0 Å². The Morgan fingerprint density at radius 3 is 2.50 bits per heavy atom. The van der Waals surface area contributed by atoms with Gasteiger partial charge >= 0.3 is 0 Å². The molecule has 0 fully saturated rings. The van der Waals surface area contributed by atoms with Crippen LogP contribution in [0.4, 0.5) is 10.1 Å². The van der Waals surface area contributed by atoms with E-state index in [2.05, 4.69) is 5.32 Å². The van der Waals surface area contributed by atoms with E-state index in [1.807, 2.05) is 32.0 Å². The van der Waals surface area contributed by atoms with Gasteiger partial charge in [-0.15, -0.1) is 0 Å². The van der Waals surface area contributed by atoms with Gasteiger partial charge in [0.05, 0.1) is 5.56 Å². The molecule has 1 N–H and O–H groups in total. The topological polar surface area (TPSA) is 49.4 Å². The number of halogens is 1. The van der Waals surface area contributed by atoms with Gasteiger partial charge in [0.1, 0.15) is 5.82 Å². The molecule has 0 atom stereocenters. The van der Waals surface area contributed by atoms with Crippen molar-refractivity contribution in [3.8, 4) is 0 Å². The van der Waals surface area contributed by atoms with Gasteiger partial charge in [-0.2, -0.15) is 0 Å². The fourth-order valence-corrected chi connectivity index (χ4v) is 2.48. The summed E-state index contributed by atoms with van der Waals surface area (Å²) in [5, 5.41) is 2.66. The molecule has 5 heteroatoms. The molecule has 2 amide bonds. The van der Waals surface area contributed by atoms with Gasteiger partial charge in [-0.3, -0.25) is 9.59 Å². The summed E-state index contributed by atoms with van der Waals surface area (Å²) in [6.07, 6.45) is 0. The predicted molar refractivity (Wildman–Crippen MR) is 92.7 cm³/mol. The number of hydrogen-bond acceptors (Lipinski definition) is 2. The number of nitrogens with one attached hydrogen (secondary N) is 1. The van der Waals surface area contributed by atoms with E-state index < -0.39 is 11.7 Å². The molecule has 0 aliphatic rings. The lowest BCUT2D eigenvalue weighted by Crippen LogP contribution is -2.38. The van der Waals surface area contributed by atoms with E-state index in [1.54, 1.807) is 11.0 Å². The molecule has 0 aromatic heterocycles. The summed E-state index contributed by atoms with van der Waals surface area (Å²) in [6.45, 7) is 5.93. The third-order valence-electron chi connectivity index (χ3n) is 3.77. The summed E-state index contributed by atoms with van der Waals surface area (Å²) >= 11 is 0. The van der Waals surface area contributed by atoms with Crippen molar-refractivity contribution in [3.05, 3.63) is 65.0 Å². The SMILES string of the molecule is CC(=O)N(CCNC(=O)c1ccccc1F)c1cc(C)ccc1C. The van der Waals surface area contributed by atoms with E-state index in [4.69, 9.17) is 0 Å². The molecule has 0 saturated heterocycles. The summed E-state index contributed by atoms with van der Waals surface area (Å²) in [4.78, 5) is 25.6. The Kier molecular flexibility index (Phi) is 5.68. The maximum atomic E-state index is 13.6. The number of amides is 2. The number of nitrogens with zero attached hydrogens (tertiary/aromatic N) is 1. The Balaban J connectivity index is 2.05. The highest BCUT2D eigenvalue weighted by atomic mass is 19.1. The molecule has 2 rings (SSSR count). The summed E-state index contributed by atoms with van der Waals surface area (Å²) in [5.74, 6) is -1.16. The molecule has 4 nitrogen and oxygen atoms in total. The zero-order valence-corrected chi connectivity index (χ0v) is 14.1. The van der Waals surface area contributed by atoms with Gasteiger partial charge in [-0.05, 0) is 43.2 Å². The quantitative estimate of drug-likeness (QED) is 0.916. The number of anilines is 1. The Morgan fingerprint density at radius 2 is 1.83 bits per heavy atom. The van der Waals surface area contributed by atoms with Crippen LogP contribution < -0.4 is 10.2 Å². The molecular formula is C19H21FN2O2. The van der Waals surface area contributed by atoms with Gasteiger partial charge in [-0.25, -0.2) is 4.39 Å². The Bertz CT molecular complexity index is 759. The maximum Gasteiger partial charge on any atom is 0.254 e. The van der Waals surface area contributed by atoms with E-state index in [0.29, 0.717) is 6.54 Å². The molecule has 2 aromatic rings. The monoisotopic (exact) mass is 328 g/mol. The predicted octanol–water partition coefficient (Wildman–Crippen LogP) is 3.23. The van der Waals surface area contributed by atoms with Crippen LogP contribution in [-0.4, -0.2) is 24.9 Å². The second kappa shape index (κ2) is 7.73. The van der Waals surface area contributed by atoms with E-state index in [1.165, 1.54) is 25.1 Å². The van der Waals surface area contributed by atoms with Crippen molar-refractivity contribution >= 4 is 17.5 Å². The minimum absolute atomic E-state index is 0.00129. The molecule has 2 aromatic carbocycles. The van der Waals surface area contributed by atoms with E-state index >= 15 is 0 Å². The Labute approximate surface area is 141 Å². The van der Waals surface area contributed by atoms with Crippen LogP contribution in [0.5, 0.6) is 0 Å². The van der Waals surface area contributed by atoms with E-state index in [0.717, 1.165) is 16.8 Å². The van der Waals surface area contributed by atoms with Crippen LogP contribution in [0, 0.1) is 19.7 Å². The van der Waals surface area contributed by atoms with Crippen molar-refractivity contribution in [2.45, 2.75) is 20.8 Å². The fourth-order valence-electron chi connectivity index (χ4n) is 2.48. The summed E-state index contributed by atoms with van der Waals surface area (Å²) in [5.41, 5.74) is 2.86. The van der Waals surface area contributed by atoms with Crippen molar-refractivity contribution in [2.75, 3.05) is 18.0 Å². The van der Waals surface area contributed by atoms with Crippen LogP contribution in [0.25, 0.3) is 0 Å². The highest BCUT2D eigenvalue weighted by molar-refractivity contribution is 5.95.